The Hall–Kier alpha value is -1.79. The molecule has 6 nitrogen and oxygen atoms in total. The van der Waals surface area contributed by atoms with E-state index in [0.717, 1.165) is 0 Å². The van der Waals surface area contributed by atoms with Gasteiger partial charge in [-0.2, -0.15) is 0 Å². The van der Waals surface area contributed by atoms with Crippen LogP contribution in [-0.4, -0.2) is 36.8 Å². The summed E-state index contributed by atoms with van der Waals surface area (Å²) in [7, 11) is 0. The highest BCUT2D eigenvalue weighted by Gasteiger charge is 2.48. The van der Waals surface area contributed by atoms with Gasteiger partial charge in [0.1, 0.15) is 6.61 Å². The van der Waals surface area contributed by atoms with Gasteiger partial charge in [-0.05, 0) is 25.5 Å². The number of para-hydroxylation sites is 1. The summed E-state index contributed by atoms with van der Waals surface area (Å²) in [6, 6.07) is 5.01. The molecule has 0 saturated heterocycles. The minimum atomic E-state index is -0.945. The Balaban J connectivity index is 1.99. The van der Waals surface area contributed by atoms with E-state index in [1.165, 1.54) is 0 Å². The molecule has 2 unspecified atom stereocenters. The van der Waals surface area contributed by atoms with Crippen molar-refractivity contribution in [1.82, 2.24) is 0 Å². The summed E-state index contributed by atoms with van der Waals surface area (Å²) >= 11 is 6.09. The van der Waals surface area contributed by atoms with E-state index in [-0.39, 0.29) is 5.91 Å². The van der Waals surface area contributed by atoms with Gasteiger partial charge in [-0.15, -0.1) is 0 Å². The molecule has 0 bridgehead atoms. The predicted molar refractivity (Wildman–Crippen MR) is 81.3 cm³/mol. The molecule has 1 aromatic carbocycles. The lowest BCUT2D eigenvalue weighted by atomic mass is 10.2. The third kappa shape index (κ3) is 4.11. The maximum Gasteiger partial charge on any atom is 0.307 e. The molecular weight excluding hydrogens is 310 g/mol. The molecular formula is C15H18ClNO5. The van der Waals surface area contributed by atoms with Crippen LogP contribution in [0.3, 0.4) is 0 Å². The van der Waals surface area contributed by atoms with Gasteiger partial charge in [0.15, 0.2) is 5.75 Å². The molecule has 0 aromatic heterocycles. The van der Waals surface area contributed by atoms with Crippen molar-refractivity contribution in [2.24, 2.45) is 11.8 Å². The van der Waals surface area contributed by atoms with Crippen LogP contribution in [0, 0.1) is 11.8 Å². The number of carboxylic acids is 1. The molecule has 2 N–H and O–H groups in total. The second kappa shape index (κ2) is 7.47. The molecule has 7 heteroatoms. The molecule has 1 amide bonds. The monoisotopic (exact) mass is 327 g/mol. The molecule has 2 atom stereocenters. The SMILES string of the molecule is CCOCCOc1c(Cl)cccc1NC(=O)C1CC1C(=O)O. The van der Waals surface area contributed by atoms with Crippen LogP contribution in [0.2, 0.25) is 5.02 Å². The van der Waals surface area contributed by atoms with Gasteiger partial charge in [0, 0.05) is 6.61 Å². The normalized spacial score (nSPS) is 19.5. The summed E-state index contributed by atoms with van der Waals surface area (Å²) in [4.78, 5) is 22.8. The highest BCUT2D eigenvalue weighted by Crippen LogP contribution is 2.41. The first kappa shape index (κ1) is 16.6. The van der Waals surface area contributed by atoms with Crippen molar-refractivity contribution in [2.75, 3.05) is 25.1 Å². The van der Waals surface area contributed by atoms with Crippen molar-refractivity contribution < 1.29 is 24.2 Å². The maximum atomic E-state index is 12.0. The van der Waals surface area contributed by atoms with Gasteiger partial charge in [0.2, 0.25) is 5.91 Å². The lowest BCUT2D eigenvalue weighted by molar-refractivity contribution is -0.139. The Kier molecular flexibility index (Phi) is 5.63. The second-order valence-electron chi connectivity index (χ2n) is 4.94. The van der Waals surface area contributed by atoms with Crippen LogP contribution in [0.5, 0.6) is 5.75 Å². The van der Waals surface area contributed by atoms with Crippen molar-refractivity contribution in [3.05, 3.63) is 23.2 Å². The topological polar surface area (TPSA) is 84.9 Å². The molecule has 1 aliphatic carbocycles. The summed E-state index contributed by atoms with van der Waals surface area (Å²) in [5.41, 5.74) is 0.435. The third-order valence-electron chi connectivity index (χ3n) is 3.35. The lowest BCUT2D eigenvalue weighted by Gasteiger charge is -2.14. The molecule has 1 saturated carbocycles. The number of hydrogen-bond donors (Lipinski definition) is 2. The Morgan fingerprint density at radius 1 is 1.36 bits per heavy atom. The van der Waals surface area contributed by atoms with Crippen LogP contribution in [0.15, 0.2) is 18.2 Å². The molecule has 0 spiro atoms. The van der Waals surface area contributed by atoms with Gasteiger partial charge in [-0.3, -0.25) is 9.59 Å². The number of rotatable bonds is 8. The summed E-state index contributed by atoms with van der Waals surface area (Å²) in [5, 5.41) is 11.9. The predicted octanol–water partition coefficient (Wildman–Crippen LogP) is 2.41. The van der Waals surface area contributed by atoms with E-state index in [9.17, 15) is 9.59 Å². The Bertz CT molecular complexity index is 563. The summed E-state index contributed by atoms with van der Waals surface area (Å²) in [5.74, 6) is -2.00. The number of anilines is 1. The standard InChI is InChI=1S/C15H18ClNO5/c1-2-21-6-7-22-13-11(16)4-3-5-12(13)17-14(18)9-8-10(9)15(19)20/h3-5,9-10H,2,6-8H2,1H3,(H,17,18)(H,19,20). The molecule has 0 aliphatic heterocycles. The molecule has 0 radical (unpaired) electrons. The number of carbonyl (C=O) groups is 2. The molecule has 1 fully saturated rings. The van der Waals surface area contributed by atoms with E-state index in [2.05, 4.69) is 5.32 Å². The number of amides is 1. The average molecular weight is 328 g/mol. The van der Waals surface area contributed by atoms with E-state index in [1.54, 1.807) is 18.2 Å². The van der Waals surface area contributed by atoms with Crippen LogP contribution in [0.1, 0.15) is 13.3 Å². The molecule has 120 valence electrons. The first-order valence-electron chi connectivity index (χ1n) is 7.07. The van der Waals surface area contributed by atoms with Crippen LogP contribution < -0.4 is 10.1 Å². The van der Waals surface area contributed by atoms with Crippen molar-refractivity contribution in [2.45, 2.75) is 13.3 Å². The number of carboxylic acid groups (broad SMARTS) is 1. The number of halogens is 1. The van der Waals surface area contributed by atoms with Crippen LogP contribution >= 0.6 is 11.6 Å². The largest absolute Gasteiger partial charge is 0.487 e. The Morgan fingerprint density at radius 3 is 2.77 bits per heavy atom. The number of hydrogen-bond acceptors (Lipinski definition) is 4. The van der Waals surface area contributed by atoms with Crippen LogP contribution in [0.25, 0.3) is 0 Å². The van der Waals surface area contributed by atoms with Gasteiger partial charge >= 0.3 is 5.97 Å². The minimum Gasteiger partial charge on any atom is -0.487 e. The maximum absolute atomic E-state index is 12.0. The third-order valence-corrected chi connectivity index (χ3v) is 3.65. The molecule has 1 aromatic rings. The zero-order valence-corrected chi connectivity index (χ0v) is 12.9. The highest BCUT2D eigenvalue weighted by molar-refractivity contribution is 6.32. The Labute approximate surface area is 133 Å². The number of ether oxygens (including phenoxy) is 2. The van der Waals surface area contributed by atoms with Gasteiger partial charge in [-0.1, -0.05) is 17.7 Å². The fourth-order valence-electron chi connectivity index (χ4n) is 2.08. The van der Waals surface area contributed by atoms with Gasteiger partial charge in [-0.25, -0.2) is 0 Å². The summed E-state index contributed by atoms with van der Waals surface area (Å²) in [6.45, 7) is 3.20. The first-order chi connectivity index (χ1) is 10.5. The first-order valence-corrected chi connectivity index (χ1v) is 7.45. The van der Waals surface area contributed by atoms with Gasteiger partial charge in [0.05, 0.1) is 29.2 Å². The second-order valence-corrected chi connectivity index (χ2v) is 5.35. The summed E-state index contributed by atoms with van der Waals surface area (Å²) in [6.07, 6.45) is 0.363. The van der Waals surface area contributed by atoms with Crippen LogP contribution in [0.4, 0.5) is 5.69 Å². The van der Waals surface area contributed by atoms with Gasteiger partial charge < -0.3 is 19.9 Å². The van der Waals surface area contributed by atoms with Crippen molar-refractivity contribution in [3.8, 4) is 5.75 Å². The fraction of sp³-hybridized carbons (Fsp3) is 0.467. The number of nitrogens with one attached hydrogen (secondary N) is 1. The Morgan fingerprint density at radius 2 is 2.14 bits per heavy atom. The average Bonchev–Trinajstić information content (AvgIpc) is 3.26. The van der Waals surface area contributed by atoms with Gasteiger partial charge in [0.25, 0.3) is 0 Å². The summed E-state index contributed by atoms with van der Waals surface area (Å²) < 4.78 is 10.7. The molecule has 2 rings (SSSR count). The van der Waals surface area contributed by atoms with Crippen molar-refractivity contribution in [1.29, 1.82) is 0 Å². The molecule has 22 heavy (non-hydrogen) atoms. The highest BCUT2D eigenvalue weighted by atomic mass is 35.5. The number of carbonyl (C=O) groups excluding carboxylic acids is 1. The zero-order valence-electron chi connectivity index (χ0n) is 12.2. The smallest absolute Gasteiger partial charge is 0.307 e. The van der Waals surface area contributed by atoms with E-state index < -0.39 is 17.8 Å². The lowest BCUT2D eigenvalue weighted by Crippen LogP contribution is -2.18. The number of aliphatic carboxylic acids is 1. The van der Waals surface area contributed by atoms with E-state index in [0.29, 0.717) is 42.7 Å². The fourth-order valence-corrected chi connectivity index (χ4v) is 2.31. The van der Waals surface area contributed by atoms with Crippen molar-refractivity contribution in [3.63, 3.8) is 0 Å². The minimum absolute atomic E-state index is 0.307. The van der Waals surface area contributed by atoms with E-state index >= 15 is 0 Å². The van der Waals surface area contributed by atoms with E-state index in [1.807, 2.05) is 6.92 Å². The number of benzene rings is 1. The molecule has 1 aliphatic rings. The quantitative estimate of drug-likeness (QED) is 0.716. The van der Waals surface area contributed by atoms with E-state index in [4.69, 9.17) is 26.2 Å². The van der Waals surface area contributed by atoms with Crippen molar-refractivity contribution >= 4 is 29.2 Å². The van der Waals surface area contributed by atoms with Crippen LogP contribution in [-0.2, 0) is 14.3 Å². The molecule has 0 heterocycles. The zero-order chi connectivity index (χ0) is 16.1.